The first-order valence-corrected chi connectivity index (χ1v) is 7.98. The fourth-order valence-corrected chi connectivity index (χ4v) is 2.87. The fraction of sp³-hybridized carbons (Fsp3) is 0.263. The molecule has 1 fully saturated rings. The topological polar surface area (TPSA) is 49.4 Å². The summed E-state index contributed by atoms with van der Waals surface area (Å²) in [6, 6.07) is 15.1. The molecule has 0 spiro atoms. The van der Waals surface area contributed by atoms with Gasteiger partial charge in [0.2, 0.25) is 5.91 Å². The molecule has 1 heterocycles. The van der Waals surface area contributed by atoms with E-state index in [2.05, 4.69) is 12.2 Å². The van der Waals surface area contributed by atoms with E-state index in [1.54, 1.807) is 11.0 Å². The first-order chi connectivity index (χ1) is 11.2. The van der Waals surface area contributed by atoms with Gasteiger partial charge in [-0.05, 0) is 42.7 Å². The molecule has 1 N–H and O–H groups in total. The van der Waals surface area contributed by atoms with Gasteiger partial charge in [0.05, 0.1) is 11.3 Å². The van der Waals surface area contributed by atoms with Crippen LogP contribution in [-0.2, 0) is 11.2 Å². The lowest BCUT2D eigenvalue weighted by Crippen LogP contribution is -2.27. The Balaban J connectivity index is 1.86. The summed E-state index contributed by atoms with van der Waals surface area (Å²) in [5.74, 6) is -0.105. The Morgan fingerprint density at radius 2 is 2.00 bits per heavy atom. The number of anilines is 2. The van der Waals surface area contributed by atoms with Crippen LogP contribution in [0.5, 0.6) is 0 Å². The van der Waals surface area contributed by atoms with Gasteiger partial charge >= 0.3 is 0 Å². The van der Waals surface area contributed by atoms with Crippen molar-refractivity contribution in [2.75, 3.05) is 16.8 Å². The molecule has 23 heavy (non-hydrogen) atoms. The average Bonchev–Trinajstić information content (AvgIpc) is 3.01. The maximum Gasteiger partial charge on any atom is 0.257 e. The van der Waals surface area contributed by atoms with E-state index in [1.165, 1.54) is 5.56 Å². The zero-order chi connectivity index (χ0) is 16.2. The molecular weight excluding hydrogens is 288 g/mol. The zero-order valence-electron chi connectivity index (χ0n) is 13.2. The van der Waals surface area contributed by atoms with Gasteiger partial charge in [-0.25, -0.2) is 0 Å². The average molecular weight is 308 g/mol. The Hall–Kier alpha value is -2.62. The highest BCUT2D eigenvalue weighted by Crippen LogP contribution is 2.26. The second-order valence-electron chi connectivity index (χ2n) is 5.67. The molecule has 0 unspecified atom stereocenters. The first-order valence-electron chi connectivity index (χ1n) is 7.98. The summed E-state index contributed by atoms with van der Waals surface area (Å²) in [6.45, 7) is 2.75. The number of amides is 2. The molecule has 0 bridgehead atoms. The smallest absolute Gasteiger partial charge is 0.257 e. The van der Waals surface area contributed by atoms with Crippen LogP contribution in [0.4, 0.5) is 11.4 Å². The van der Waals surface area contributed by atoms with Crippen LogP contribution in [0.2, 0.25) is 0 Å². The predicted octanol–water partition coefficient (Wildman–Crippen LogP) is 3.63. The first kappa shape index (κ1) is 15.3. The monoisotopic (exact) mass is 308 g/mol. The molecule has 0 radical (unpaired) electrons. The lowest BCUT2D eigenvalue weighted by Gasteiger charge is -2.19. The molecule has 2 aromatic rings. The van der Waals surface area contributed by atoms with Crippen LogP contribution in [0.3, 0.4) is 0 Å². The van der Waals surface area contributed by atoms with E-state index in [-0.39, 0.29) is 11.8 Å². The van der Waals surface area contributed by atoms with Gasteiger partial charge in [0, 0.05) is 18.7 Å². The summed E-state index contributed by atoms with van der Waals surface area (Å²) in [5.41, 5.74) is 3.17. The van der Waals surface area contributed by atoms with Crippen molar-refractivity contribution in [2.45, 2.75) is 26.2 Å². The largest absolute Gasteiger partial charge is 0.322 e. The van der Waals surface area contributed by atoms with E-state index >= 15 is 0 Å². The minimum absolute atomic E-state index is 0.0817. The Labute approximate surface area is 136 Å². The second-order valence-corrected chi connectivity index (χ2v) is 5.67. The van der Waals surface area contributed by atoms with E-state index in [9.17, 15) is 9.59 Å². The Morgan fingerprint density at radius 3 is 2.74 bits per heavy atom. The highest BCUT2D eigenvalue weighted by molar-refractivity contribution is 6.11. The predicted molar refractivity (Wildman–Crippen MR) is 91.8 cm³/mol. The highest BCUT2D eigenvalue weighted by atomic mass is 16.2. The third kappa shape index (κ3) is 3.26. The highest BCUT2D eigenvalue weighted by Gasteiger charge is 2.25. The Bertz CT molecular complexity index is 740. The van der Waals surface area contributed by atoms with Gasteiger partial charge in [-0.2, -0.15) is 0 Å². The number of benzene rings is 2. The van der Waals surface area contributed by atoms with E-state index < -0.39 is 0 Å². The lowest BCUT2D eigenvalue weighted by molar-refractivity contribution is -0.117. The molecular formula is C19H20N2O2. The zero-order valence-corrected chi connectivity index (χ0v) is 13.2. The number of hydrogen-bond donors (Lipinski definition) is 1. The van der Waals surface area contributed by atoms with Crippen molar-refractivity contribution in [3.8, 4) is 0 Å². The molecule has 118 valence electrons. The van der Waals surface area contributed by atoms with Crippen molar-refractivity contribution in [1.29, 1.82) is 0 Å². The number of nitrogens with one attached hydrogen (secondary N) is 1. The summed E-state index contributed by atoms with van der Waals surface area (Å²) in [6.07, 6.45) is 2.31. The summed E-state index contributed by atoms with van der Waals surface area (Å²) in [7, 11) is 0. The number of para-hydroxylation sites is 1. The van der Waals surface area contributed by atoms with Crippen LogP contribution in [0.25, 0.3) is 0 Å². The molecule has 1 aliphatic heterocycles. The molecule has 1 aliphatic rings. The molecule has 1 saturated heterocycles. The summed E-state index contributed by atoms with van der Waals surface area (Å²) >= 11 is 0. The quantitative estimate of drug-likeness (QED) is 0.937. The maximum atomic E-state index is 12.6. The van der Waals surface area contributed by atoms with Gasteiger partial charge < -0.3 is 10.2 Å². The fourth-order valence-electron chi connectivity index (χ4n) is 2.87. The SMILES string of the molecule is CCc1cccc(NC(=O)c2ccccc2N2CCCC2=O)c1. The number of nitrogens with zero attached hydrogens (tertiary/aromatic N) is 1. The minimum Gasteiger partial charge on any atom is -0.322 e. The van der Waals surface area contributed by atoms with Crippen molar-refractivity contribution in [1.82, 2.24) is 0 Å². The molecule has 4 nitrogen and oxygen atoms in total. The van der Waals surface area contributed by atoms with Gasteiger partial charge in [0.25, 0.3) is 5.91 Å². The number of aryl methyl sites for hydroxylation is 1. The second kappa shape index (κ2) is 6.65. The van der Waals surface area contributed by atoms with Crippen LogP contribution in [-0.4, -0.2) is 18.4 Å². The molecule has 0 saturated carbocycles. The van der Waals surface area contributed by atoms with Crippen LogP contribution in [0.1, 0.15) is 35.7 Å². The summed E-state index contributed by atoms with van der Waals surface area (Å²) in [5, 5.41) is 2.93. The van der Waals surface area contributed by atoms with E-state index in [0.29, 0.717) is 24.2 Å². The summed E-state index contributed by atoms with van der Waals surface area (Å²) < 4.78 is 0. The van der Waals surface area contributed by atoms with Crippen molar-refractivity contribution in [3.05, 3.63) is 59.7 Å². The van der Waals surface area contributed by atoms with Crippen molar-refractivity contribution in [2.24, 2.45) is 0 Å². The van der Waals surface area contributed by atoms with Crippen LogP contribution >= 0.6 is 0 Å². The molecule has 2 aromatic carbocycles. The van der Waals surface area contributed by atoms with Crippen LogP contribution < -0.4 is 10.2 Å². The molecule has 4 heteroatoms. The van der Waals surface area contributed by atoms with E-state index in [1.807, 2.05) is 42.5 Å². The Morgan fingerprint density at radius 1 is 1.17 bits per heavy atom. The van der Waals surface area contributed by atoms with Gasteiger partial charge in [-0.15, -0.1) is 0 Å². The third-order valence-electron chi connectivity index (χ3n) is 4.11. The number of hydrogen-bond acceptors (Lipinski definition) is 2. The molecule has 3 rings (SSSR count). The van der Waals surface area contributed by atoms with Crippen molar-refractivity contribution < 1.29 is 9.59 Å². The normalized spacial score (nSPS) is 14.1. The lowest BCUT2D eigenvalue weighted by atomic mass is 10.1. The number of rotatable bonds is 4. The minimum atomic E-state index is -0.187. The maximum absolute atomic E-state index is 12.6. The van der Waals surface area contributed by atoms with Crippen molar-refractivity contribution >= 4 is 23.2 Å². The molecule has 0 aromatic heterocycles. The van der Waals surface area contributed by atoms with Gasteiger partial charge in [0.15, 0.2) is 0 Å². The van der Waals surface area contributed by atoms with E-state index in [4.69, 9.17) is 0 Å². The summed E-state index contributed by atoms with van der Waals surface area (Å²) in [4.78, 5) is 26.3. The van der Waals surface area contributed by atoms with Gasteiger partial charge in [-0.3, -0.25) is 9.59 Å². The van der Waals surface area contributed by atoms with Crippen LogP contribution in [0, 0.1) is 0 Å². The number of carbonyl (C=O) groups is 2. The van der Waals surface area contributed by atoms with Gasteiger partial charge in [0.1, 0.15) is 0 Å². The number of carbonyl (C=O) groups excluding carboxylic acids is 2. The standard InChI is InChI=1S/C19H20N2O2/c1-2-14-7-5-8-15(13-14)20-19(23)16-9-3-4-10-17(16)21-12-6-11-18(21)22/h3-5,7-10,13H,2,6,11-12H2,1H3,(H,20,23). The van der Waals surface area contributed by atoms with E-state index in [0.717, 1.165) is 18.5 Å². The Kier molecular flexibility index (Phi) is 4.42. The van der Waals surface area contributed by atoms with Crippen LogP contribution in [0.15, 0.2) is 48.5 Å². The van der Waals surface area contributed by atoms with Crippen molar-refractivity contribution in [3.63, 3.8) is 0 Å². The molecule has 2 amide bonds. The third-order valence-corrected chi connectivity index (χ3v) is 4.11. The molecule has 0 atom stereocenters. The van der Waals surface area contributed by atoms with Gasteiger partial charge in [-0.1, -0.05) is 31.2 Å². The molecule has 0 aliphatic carbocycles.